The highest BCUT2D eigenvalue weighted by Gasteiger charge is 2.58. The molecule has 1 saturated heterocycles. The van der Waals surface area contributed by atoms with Gasteiger partial charge in [0, 0.05) is 25.1 Å². The van der Waals surface area contributed by atoms with E-state index in [-0.39, 0.29) is 52.5 Å². The Morgan fingerprint density at radius 3 is 2.50 bits per heavy atom. The molecule has 0 radical (unpaired) electrons. The largest absolute Gasteiger partial charge is 0.486 e. The van der Waals surface area contributed by atoms with Crippen LogP contribution >= 0.6 is 0 Å². The molecule has 6 rings (SSSR count). The lowest BCUT2D eigenvalue weighted by molar-refractivity contribution is -0.160. The lowest BCUT2D eigenvalue weighted by Crippen LogP contribution is -2.69. The molecule has 1 N–H and O–H groups in total. The normalized spacial score (nSPS) is 24.1. The Balaban J connectivity index is 1.35. The van der Waals surface area contributed by atoms with Crippen molar-refractivity contribution in [2.75, 3.05) is 24.5 Å². The second-order valence-corrected chi connectivity index (χ2v) is 13.6. The summed E-state index contributed by atoms with van der Waals surface area (Å²) >= 11 is 0. The average molecular weight is 671 g/mol. The predicted molar refractivity (Wildman–Crippen MR) is 152 cm³/mol. The summed E-state index contributed by atoms with van der Waals surface area (Å²) < 4.78 is 125. The van der Waals surface area contributed by atoms with Crippen molar-refractivity contribution in [2.45, 2.75) is 49.1 Å². The molecule has 3 aromatic rings. The lowest BCUT2D eigenvalue weighted by atomic mass is 9.53. The van der Waals surface area contributed by atoms with Crippen molar-refractivity contribution < 1.29 is 53.8 Å². The van der Waals surface area contributed by atoms with Crippen LogP contribution in [0.25, 0.3) is 11.1 Å². The molecule has 15 heteroatoms. The number of anilines is 1. The Morgan fingerprint density at radius 2 is 1.85 bits per heavy atom. The number of nitrogens with one attached hydrogen (secondary N) is 1. The number of fused-ring (bicyclic) bond motifs is 1. The number of alkyl halides is 5. The number of rotatable bonds is 8. The fourth-order valence-electron chi connectivity index (χ4n) is 6.52. The summed E-state index contributed by atoms with van der Waals surface area (Å²) in [5, 5.41) is 3.33. The highest BCUT2D eigenvalue weighted by Crippen LogP contribution is 2.54. The van der Waals surface area contributed by atoms with Crippen LogP contribution in [0, 0.1) is 17.2 Å². The van der Waals surface area contributed by atoms with Gasteiger partial charge in [0.15, 0.2) is 0 Å². The Morgan fingerprint density at radius 1 is 1.09 bits per heavy atom. The zero-order valence-corrected chi connectivity index (χ0v) is 25.0. The van der Waals surface area contributed by atoms with Gasteiger partial charge in [0.2, 0.25) is 0 Å². The number of hydrogen-bond acceptors (Lipinski definition) is 7. The number of hydrogen-bond donors (Lipinski definition) is 1. The van der Waals surface area contributed by atoms with E-state index in [1.54, 1.807) is 0 Å². The molecule has 8 nitrogen and oxygen atoms in total. The Labute approximate surface area is 260 Å². The highest BCUT2D eigenvalue weighted by atomic mass is 32.2. The predicted octanol–water partition coefficient (Wildman–Crippen LogP) is 6.00. The van der Waals surface area contributed by atoms with Gasteiger partial charge in [0.25, 0.3) is 10.0 Å². The summed E-state index contributed by atoms with van der Waals surface area (Å²) in [5.41, 5.74) is -1.07. The maximum atomic E-state index is 14.3. The molecule has 0 aromatic heterocycles. The van der Waals surface area contributed by atoms with E-state index in [9.17, 15) is 39.6 Å². The van der Waals surface area contributed by atoms with Crippen LogP contribution in [0.4, 0.5) is 32.0 Å². The van der Waals surface area contributed by atoms with Gasteiger partial charge in [-0.15, -0.1) is 0 Å². The van der Waals surface area contributed by atoms with Crippen molar-refractivity contribution in [3.8, 4) is 22.6 Å². The lowest BCUT2D eigenvalue weighted by Gasteiger charge is -2.60. The molecule has 1 saturated carbocycles. The number of benzene rings is 3. The van der Waals surface area contributed by atoms with Gasteiger partial charge in [0.1, 0.15) is 23.4 Å². The summed E-state index contributed by atoms with van der Waals surface area (Å²) in [5.74, 6) is -1.76. The van der Waals surface area contributed by atoms with Crippen molar-refractivity contribution >= 4 is 21.7 Å². The number of ether oxygens (including phenoxy) is 3. The number of sulfonamides is 1. The monoisotopic (exact) mass is 670 g/mol. The van der Waals surface area contributed by atoms with E-state index in [1.165, 1.54) is 25.3 Å². The molecule has 3 aliphatic rings. The number of nitrogens with zero attached hydrogens (tertiary/aromatic N) is 1. The minimum atomic E-state index is -4.80. The zero-order chi connectivity index (χ0) is 33.0. The third-order valence-corrected chi connectivity index (χ3v) is 10.6. The maximum absolute atomic E-state index is 14.3. The molecule has 2 fully saturated rings. The van der Waals surface area contributed by atoms with Crippen molar-refractivity contribution in [3.63, 3.8) is 0 Å². The molecule has 2 unspecified atom stereocenters. The molecule has 1 spiro atoms. The van der Waals surface area contributed by atoms with E-state index in [4.69, 9.17) is 9.47 Å². The first-order chi connectivity index (χ1) is 21.7. The fourth-order valence-corrected chi connectivity index (χ4v) is 8.06. The van der Waals surface area contributed by atoms with Crippen LogP contribution < -0.4 is 19.1 Å². The topological polar surface area (TPSA) is 94.2 Å². The summed E-state index contributed by atoms with van der Waals surface area (Å²) in [4.78, 5) is 11.4. The van der Waals surface area contributed by atoms with Crippen LogP contribution in [0.3, 0.4) is 0 Å². The molecule has 2 heterocycles. The van der Waals surface area contributed by atoms with Crippen LogP contribution in [-0.2, 0) is 25.7 Å². The maximum Gasteiger partial charge on any atom is 0.416 e. The van der Waals surface area contributed by atoms with Crippen molar-refractivity contribution in [2.24, 2.45) is 11.3 Å². The first kappa shape index (κ1) is 32.0. The molecular weight excluding hydrogens is 642 g/mol. The van der Waals surface area contributed by atoms with E-state index in [1.807, 2.05) is 0 Å². The third kappa shape index (κ3) is 5.97. The first-order valence-electron chi connectivity index (χ1n) is 14.3. The van der Waals surface area contributed by atoms with Crippen LogP contribution in [0.15, 0.2) is 65.6 Å². The average Bonchev–Trinajstić information content (AvgIpc) is 2.97. The van der Waals surface area contributed by atoms with E-state index in [0.717, 1.165) is 40.7 Å². The first-order valence-corrected chi connectivity index (χ1v) is 15.7. The van der Waals surface area contributed by atoms with Gasteiger partial charge in [-0.3, -0.25) is 9.10 Å². The quantitative estimate of drug-likeness (QED) is 0.232. The number of halogens is 6. The number of methoxy groups -OCH3 is 1. The third-order valence-electron chi connectivity index (χ3n) is 8.85. The Kier molecular flexibility index (Phi) is 8.12. The molecule has 1 aliphatic carbocycles. The Hall–Kier alpha value is -3.98. The molecular formula is C31H28F6N2O6S. The minimum Gasteiger partial charge on any atom is -0.486 e. The second kappa shape index (κ2) is 11.7. The van der Waals surface area contributed by atoms with E-state index in [2.05, 4.69) is 10.1 Å². The molecule has 2 aliphatic heterocycles. The highest BCUT2D eigenvalue weighted by molar-refractivity contribution is 7.92. The van der Waals surface area contributed by atoms with Gasteiger partial charge in [-0.1, -0.05) is 12.1 Å². The fraction of sp³-hybridized carbons (Fsp3) is 0.387. The van der Waals surface area contributed by atoms with E-state index >= 15 is 0 Å². The molecule has 246 valence electrons. The van der Waals surface area contributed by atoms with Crippen molar-refractivity contribution in [1.82, 2.24) is 5.32 Å². The van der Waals surface area contributed by atoms with E-state index < -0.39 is 50.9 Å². The molecule has 3 aromatic carbocycles. The molecule has 2 atom stereocenters. The second-order valence-electron chi connectivity index (χ2n) is 11.7. The van der Waals surface area contributed by atoms with Crippen molar-refractivity contribution in [3.05, 3.63) is 72.0 Å². The van der Waals surface area contributed by atoms with Crippen LogP contribution in [0.1, 0.15) is 24.8 Å². The van der Waals surface area contributed by atoms with Gasteiger partial charge in [0.05, 0.1) is 35.7 Å². The standard InChI is InChI=1S/C31H28F6N2O6S/c1-43-28(40)19-13-30(14-19)16-38-27(30)12-23-15-39(46(41,42)24-4-2-3-20(10-24)31(35,36)37)25-9-17(5-6-26(25)44-23)18-7-21(32)11-22(8-18)45-29(33)34/h2-11,19,23,27,29,38H,12-16H2,1H3. The number of carbonyl (C=O) groups is 1. The van der Waals surface area contributed by atoms with Gasteiger partial charge in [-0.2, -0.15) is 22.0 Å². The summed E-state index contributed by atoms with van der Waals surface area (Å²) in [6.07, 6.45) is -4.00. The SMILES string of the molecule is COC(=O)C1CC2(CNC2CC2CN(S(=O)(=O)c3cccc(C(F)(F)F)c3)c3cc(-c4cc(F)cc(OC(F)F)c4)ccc3O2)C1. The number of esters is 1. The zero-order valence-electron chi connectivity index (χ0n) is 24.2. The molecule has 0 bridgehead atoms. The van der Waals surface area contributed by atoms with Gasteiger partial charge in [-0.25, -0.2) is 12.8 Å². The summed E-state index contributed by atoms with van der Waals surface area (Å²) in [7, 11) is -3.29. The van der Waals surface area contributed by atoms with Crippen LogP contribution in [0.5, 0.6) is 11.5 Å². The molecule has 0 amide bonds. The van der Waals surface area contributed by atoms with Crippen LogP contribution in [0.2, 0.25) is 0 Å². The van der Waals surface area contributed by atoms with Gasteiger partial charge in [-0.05, 0) is 71.8 Å². The molecule has 46 heavy (non-hydrogen) atoms. The Bertz CT molecular complexity index is 1760. The minimum absolute atomic E-state index is 0.0302. The summed E-state index contributed by atoms with van der Waals surface area (Å²) in [6.45, 7) is -2.83. The van der Waals surface area contributed by atoms with E-state index in [0.29, 0.717) is 31.9 Å². The van der Waals surface area contributed by atoms with Gasteiger partial charge >= 0.3 is 18.8 Å². The number of carbonyl (C=O) groups excluding carboxylic acids is 1. The summed E-state index contributed by atoms with van der Waals surface area (Å²) in [6, 6.07) is 10.5. The van der Waals surface area contributed by atoms with Gasteiger partial charge < -0.3 is 19.5 Å². The van der Waals surface area contributed by atoms with Crippen molar-refractivity contribution in [1.29, 1.82) is 0 Å². The van der Waals surface area contributed by atoms with Crippen LogP contribution in [-0.4, -0.2) is 53.3 Å². The smallest absolute Gasteiger partial charge is 0.416 e.